The van der Waals surface area contributed by atoms with Gasteiger partial charge in [0.1, 0.15) is 0 Å². The van der Waals surface area contributed by atoms with Crippen LogP contribution in [0.4, 0.5) is 11.4 Å². The molecule has 0 fully saturated rings. The highest BCUT2D eigenvalue weighted by Gasteiger charge is 2.14. The van der Waals surface area contributed by atoms with E-state index in [-0.39, 0.29) is 0 Å². The fourth-order valence-corrected chi connectivity index (χ4v) is 2.32. The van der Waals surface area contributed by atoms with E-state index in [4.69, 9.17) is 0 Å². The van der Waals surface area contributed by atoms with Crippen LogP contribution < -0.4 is 15.3 Å². The molecule has 1 heterocycles. The van der Waals surface area contributed by atoms with Crippen LogP contribution in [0.15, 0.2) is 60.7 Å². The van der Waals surface area contributed by atoms with Crippen LogP contribution in [0.25, 0.3) is 5.70 Å². The maximum Gasteiger partial charge on any atom is 0.0598 e. The molecule has 2 aromatic carbocycles. The molecular formula is C17H19N3. The molecule has 102 valence electrons. The van der Waals surface area contributed by atoms with Gasteiger partial charge in [0, 0.05) is 19.8 Å². The van der Waals surface area contributed by atoms with Crippen LogP contribution in [0.3, 0.4) is 0 Å². The van der Waals surface area contributed by atoms with Crippen molar-refractivity contribution < 1.29 is 0 Å². The van der Waals surface area contributed by atoms with Crippen LogP contribution >= 0.6 is 0 Å². The highest BCUT2D eigenvalue weighted by molar-refractivity contribution is 5.71. The summed E-state index contributed by atoms with van der Waals surface area (Å²) in [7, 11) is 4.11. The summed E-state index contributed by atoms with van der Waals surface area (Å²) in [5, 5.41) is 2.15. The Morgan fingerprint density at radius 2 is 1.65 bits per heavy atom. The second-order valence-electron chi connectivity index (χ2n) is 5.12. The first kappa shape index (κ1) is 12.6. The van der Waals surface area contributed by atoms with Crippen LogP contribution in [0.2, 0.25) is 0 Å². The molecule has 0 aromatic heterocycles. The van der Waals surface area contributed by atoms with Gasteiger partial charge in [0.05, 0.1) is 17.9 Å². The van der Waals surface area contributed by atoms with Crippen LogP contribution in [0.1, 0.15) is 5.56 Å². The van der Waals surface area contributed by atoms with E-state index in [9.17, 15) is 0 Å². The molecule has 0 spiro atoms. The van der Waals surface area contributed by atoms with Crippen molar-refractivity contribution in [2.24, 2.45) is 0 Å². The van der Waals surface area contributed by atoms with Crippen molar-refractivity contribution in [3.8, 4) is 0 Å². The first-order valence-electron chi connectivity index (χ1n) is 6.81. The number of para-hydroxylation sites is 1. The van der Waals surface area contributed by atoms with E-state index in [1.807, 2.05) is 6.07 Å². The molecule has 3 heteroatoms. The Hall–Kier alpha value is -2.42. The van der Waals surface area contributed by atoms with E-state index in [2.05, 4.69) is 84.0 Å². The Labute approximate surface area is 120 Å². The summed E-state index contributed by atoms with van der Waals surface area (Å²) >= 11 is 0. The van der Waals surface area contributed by atoms with Crippen molar-refractivity contribution in [1.29, 1.82) is 0 Å². The summed E-state index contributed by atoms with van der Waals surface area (Å²) in [4.78, 5) is 2.11. The monoisotopic (exact) mass is 265 g/mol. The molecule has 2 aromatic rings. The van der Waals surface area contributed by atoms with Crippen molar-refractivity contribution in [1.82, 2.24) is 5.43 Å². The van der Waals surface area contributed by atoms with Crippen molar-refractivity contribution in [3.63, 3.8) is 0 Å². The van der Waals surface area contributed by atoms with E-state index in [1.54, 1.807) is 0 Å². The zero-order valence-electron chi connectivity index (χ0n) is 11.9. The summed E-state index contributed by atoms with van der Waals surface area (Å²) in [6, 6.07) is 19.0. The van der Waals surface area contributed by atoms with Gasteiger partial charge in [-0.3, -0.25) is 10.4 Å². The maximum atomic E-state index is 3.45. The van der Waals surface area contributed by atoms with E-state index in [1.165, 1.54) is 22.6 Å². The fourth-order valence-electron chi connectivity index (χ4n) is 2.32. The Morgan fingerprint density at radius 1 is 0.950 bits per heavy atom. The number of anilines is 2. The molecule has 3 rings (SSSR count). The molecule has 1 aliphatic heterocycles. The predicted octanol–water partition coefficient (Wildman–Crippen LogP) is 3.12. The third kappa shape index (κ3) is 2.48. The van der Waals surface area contributed by atoms with Gasteiger partial charge in [-0.2, -0.15) is 0 Å². The van der Waals surface area contributed by atoms with Crippen LogP contribution in [-0.4, -0.2) is 20.6 Å². The Balaban J connectivity index is 1.74. The predicted molar refractivity (Wildman–Crippen MR) is 85.7 cm³/mol. The first-order valence-corrected chi connectivity index (χ1v) is 6.81. The largest absolute Gasteiger partial charge is 0.378 e. The average molecular weight is 265 g/mol. The second-order valence-corrected chi connectivity index (χ2v) is 5.12. The zero-order valence-corrected chi connectivity index (χ0v) is 11.9. The quantitative estimate of drug-likeness (QED) is 0.920. The Bertz CT molecular complexity index is 600. The molecule has 0 atom stereocenters. The SMILES string of the molecule is CN(C)c1ccc(C2=CCN(c3ccccc3)N2)cc1. The molecule has 0 amide bonds. The summed E-state index contributed by atoms with van der Waals surface area (Å²) in [5.41, 5.74) is 8.23. The van der Waals surface area contributed by atoms with Crippen LogP contribution in [-0.2, 0) is 0 Å². The summed E-state index contributed by atoms with van der Waals surface area (Å²) in [5.74, 6) is 0. The second kappa shape index (κ2) is 5.29. The highest BCUT2D eigenvalue weighted by atomic mass is 15.5. The van der Waals surface area contributed by atoms with Gasteiger partial charge in [0.15, 0.2) is 0 Å². The van der Waals surface area contributed by atoms with Gasteiger partial charge in [-0.05, 0) is 35.9 Å². The molecule has 1 aliphatic rings. The van der Waals surface area contributed by atoms with Gasteiger partial charge in [0.2, 0.25) is 0 Å². The van der Waals surface area contributed by atoms with E-state index < -0.39 is 0 Å². The minimum Gasteiger partial charge on any atom is -0.378 e. The first-order chi connectivity index (χ1) is 9.74. The van der Waals surface area contributed by atoms with Crippen molar-refractivity contribution in [3.05, 3.63) is 66.2 Å². The average Bonchev–Trinajstić information content (AvgIpc) is 2.98. The smallest absolute Gasteiger partial charge is 0.0598 e. The normalized spacial score (nSPS) is 13.9. The number of nitrogens with one attached hydrogen (secondary N) is 1. The molecule has 1 N–H and O–H groups in total. The van der Waals surface area contributed by atoms with E-state index >= 15 is 0 Å². The molecule has 0 saturated heterocycles. The standard InChI is InChI=1S/C17H19N3/c1-19(2)15-10-8-14(9-11-15)17-12-13-20(18-17)16-6-4-3-5-7-16/h3-12,18H,13H2,1-2H3. The van der Waals surface area contributed by atoms with Gasteiger partial charge in [-0.1, -0.05) is 30.3 Å². The van der Waals surface area contributed by atoms with Crippen molar-refractivity contribution >= 4 is 17.1 Å². The van der Waals surface area contributed by atoms with E-state index in [0.29, 0.717) is 0 Å². The lowest BCUT2D eigenvalue weighted by Gasteiger charge is -2.20. The minimum absolute atomic E-state index is 0.884. The zero-order chi connectivity index (χ0) is 13.9. The summed E-state index contributed by atoms with van der Waals surface area (Å²) < 4.78 is 0. The third-order valence-corrected chi connectivity index (χ3v) is 3.50. The molecule has 3 nitrogen and oxygen atoms in total. The lowest BCUT2D eigenvalue weighted by molar-refractivity contribution is 0.852. The molecule has 0 radical (unpaired) electrons. The van der Waals surface area contributed by atoms with Gasteiger partial charge in [0.25, 0.3) is 0 Å². The Morgan fingerprint density at radius 3 is 2.30 bits per heavy atom. The van der Waals surface area contributed by atoms with Gasteiger partial charge in [-0.15, -0.1) is 0 Å². The molecule has 0 unspecified atom stereocenters. The summed E-state index contributed by atoms with van der Waals surface area (Å²) in [6.45, 7) is 0.884. The number of hydrogen-bond donors (Lipinski definition) is 1. The van der Waals surface area contributed by atoms with E-state index in [0.717, 1.165) is 6.54 Å². The molecule has 0 bridgehead atoms. The lowest BCUT2D eigenvalue weighted by Crippen LogP contribution is -2.31. The number of rotatable bonds is 3. The van der Waals surface area contributed by atoms with Crippen molar-refractivity contribution in [2.45, 2.75) is 0 Å². The molecular weight excluding hydrogens is 246 g/mol. The Kier molecular flexibility index (Phi) is 3.33. The number of hydrazine groups is 1. The minimum atomic E-state index is 0.884. The molecule has 20 heavy (non-hydrogen) atoms. The van der Waals surface area contributed by atoms with Crippen LogP contribution in [0, 0.1) is 0 Å². The number of hydrogen-bond acceptors (Lipinski definition) is 3. The number of benzene rings is 2. The number of nitrogens with zero attached hydrogens (tertiary/aromatic N) is 2. The van der Waals surface area contributed by atoms with Gasteiger partial charge in [-0.25, -0.2) is 0 Å². The molecule has 0 saturated carbocycles. The van der Waals surface area contributed by atoms with Crippen LogP contribution in [0.5, 0.6) is 0 Å². The van der Waals surface area contributed by atoms with Crippen molar-refractivity contribution in [2.75, 3.05) is 30.5 Å². The maximum absolute atomic E-state index is 3.45. The topological polar surface area (TPSA) is 18.5 Å². The molecule has 0 aliphatic carbocycles. The highest BCUT2D eigenvalue weighted by Crippen LogP contribution is 2.23. The third-order valence-electron chi connectivity index (χ3n) is 3.50. The fraction of sp³-hybridized carbons (Fsp3) is 0.176. The van der Waals surface area contributed by atoms with Gasteiger partial charge >= 0.3 is 0 Å². The summed E-state index contributed by atoms with van der Waals surface area (Å²) in [6.07, 6.45) is 2.22. The van der Waals surface area contributed by atoms with Gasteiger partial charge < -0.3 is 4.90 Å². The lowest BCUT2D eigenvalue weighted by atomic mass is 10.1.